The average molecular weight is 257 g/mol. The predicted octanol–water partition coefficient (Wildman–Crippen LogP) is 4.23. The van der Waals surface area contributed by atoms with E-state index in [1.165, 1.54) is 29.6 Å². The van der Waals surface area contributed by atoms with Crippen molar-refractivity contribution in [1.82, 2.24) is 5.32 Å². The molecule has 2 aromatic rings. The van der Waals surface area contributed by atoms with E-state index in [0.717, 1.165) is 18.0 Å². The molecule has 0 radical (unpaired) electrons. The molecule has 1 fully saturated rings. The molecule has 1 saturated carbocycles. The Balaban J connectivity index is 1.76. The molecular weight excluding hydrogens is 234 g/mol. The van der Waals surface area contributed by atoms with Crippen LogP contribution >= 0.6 is 0 Å². The second-order valence-corrected chi connectivity index (χ2v) is 6.20. The molecule has 2 atom stereocenters. The summed E-state index contributed by atoms with van der Waals surface area (Å²) >= 11 is 0. The van der Waals surface area contributed by atoms with E-state index < -0.39 is 0 Å². The Morgan fingerprint density at radius 2 is 2.11 bits per heavy atom. The number of aryl methyl sites for hydroxylation is 1. The van der Waals surface area contributed by atoms with E-state index in [1.807, 2.05) is 0 Å². The van der Waals surface area contributed by atoms with Gasteiger partial charge in [-0.3, -0.25) is 0 Å². The minimum absolute atomic E-state index is 0.569. The summed E-state index contributed by atoms with van der Waals surface area (Å²) in [6, 6.07) is 9.24. The van der Waals surface area contributed by atoms with E-state index in [-0.39, 0.29) is 0 Å². The van der Waals surface area contributed by atoms with Gasteiger partial charge in [0.05, 0.1) is 0 Å². The highest BCUT2D eigenvalue weighted by atomic mass is 16.3. The molecule has 0 amide bonds. The first-order valence-corrected chi connectivity index (χ1v) is 7.37. The fourth-order valence-corrected chi connectivity index (χ4v) is 2.94. The topological polar surface area (TPSA) is 25.2 Å². The highest BCUT2D eigenvalue weighted by Crippen LogP contribution is 2.43. The lowest BCUT2D eigenvalue weighted by Crippen LogP contribution is -2.36. The molecule has 1 aliphatic carbocycles. The van der Waals surface area contributed by atoms with Crippen LogP contribution in [0.3, 0.4) is 0 Å². The lowest BCUT2D eigenvalue weighted by Gasteiger charge is -2.35. The SMILES string of the molecule is Cc1ccc2oc(C3CCC3CNC(C)C)cc2c1. The van der Waals surface area contributed by atoms with E-state index >= 15 is 0 Å². The molecule has 19 heavy (non-hydrogen) atoms. The van der Waals surface area contributed by atoms with E-state index in [4.69, 9.17) is 4.42 Å². The van der Waals surface area contributed by atoms with Gasteiger partial charge in [0.2, 0.25) is 0 Å². The average Bonchev–Trinajstić information content (AvgIpc) is 2.69. The van der Waals surface area contributed by atoms with Crippen LogP contribution < -0.4 is 5.32 Å². The molecule has 0 saturated heterocycles. The van der Waals surface area contributed by atoms with Gasteiger partial charge < -0.3 is 9.73 Å². The van der Waals surface area contributed by atoms with E-state index in [2.05, 4.69) is 50.4 Å². The third kappa shape index (κ3) is 2.55. The summed E-state index contributed by atoms with van der Waals surface area (Å²) in [5, 5.41) is 4.80. The van der Waals surface area contributed by atoms with E-state index in [1.54, 1.807) is 0 Å². The number of benzene rings is 1. The van der Waals surface area contributed by atoms with Gasteiger partial charge in [0.1, 0.15) is 11.3 Å². The molecule has 0 spiro atoms. The van der Waals surface area contributed by atoms with Crippen LogP contribution in [0.15, 0.2) is 28.7 Å². The van der Waals surface area contributed by atoms with Gasteiger partial charge in [0.25, 0.3) is 0 Å². The van der Waals surface area contributed by atoms with Crippen molar-refractivity contribution in [2.24, 2.45) is 5.92 Å². The number of hydrogen-bond acceptors (Lipinski definition) is 2. The van der Waals surface area contributed by atoms with Crippen LogP contribution in [0, 0.1) is 12.8 Å². The van der Waals surface area contributed by atoms with Gasteiger partial charge >= 0.3 is 0 Å². The van der Waals surface area contributed by atoms with Crippen molar-refractivity contribution in [3.63, 3.8) is 0 Å². The number of furan rings is 1. The monoisotopic (exact) mass is 257 g/mol. The Morgan fingerprint density at radius 3 is 2.79 bits per heavy atom. The van der Waals surface area contributed by atoms with Crippen molar-refractivity contribution in [2.75, 3.05) is 6.54 Å². The Labute approximate surface area is 115 Å². The largest absolute Gasteiger partial charge is 0.461 e. The summed E-state index contributed by atoms with van der Waals surface area (Å²) in [6.07, 6.45) is 2.59. The molecule has 1 heterocycles. The summed E-state index contributed by atoms with van der Waals surface area (Å²) in [5.41, 5.74) is 2.33. The highest BCUT2D eigenvalue weighted by Gasteiger charge is 2.34. The summed E-state index contributed by atoms with van der Waals surface area (Å²) in [5.74, 6) is 2.53. The fraction of sp³-hybridized carbons (Fsp3) is 0.529. The van der Waals surface area contributed by atoms with Gasteiger partial charge in [-0.15, -0.1) is 0 Å². The maximum Gasteiger partial charge on any atom is 0.134 e. The minimum atomic E-state index is 0.569. The number of fused-ring (bicyclic) bond motifs is 1. The van der Waals surface area contributed by atoms with Crippen molar-refractivity contribution in [2.45, 2.75) is 45.6 Å². The summed E-state index contributed by atoms with van der Waals surface area (Å²) < 4.78 is 6.04. The summed E-state index contributed by atoms with van der Waals surface area (Å²) in [7, 11) is 0. The zero-order chi connectivity index (χ0) is 13.4. The van der Waals surface area contributed by atoms with Gasteiger partial charge in [-0.05, 0) is 50.4 Å². The van der Waals surface area contributed by atoms with Crippen molar-refractivity contribution < 1.29 is 4.42 Å². The third-order valence-electron chi connectivity index (χ3n) is 4.26. The maximum absolute atomic E-state index is 6.04. The van der Waals surface area contributed by atoms with Gasteiger partial charge in [0, 0.05) is 17.3 Å². The molecule has 1 aliphatic rings. The second kappa shape index (κ2) is 5.01. The highest BCUT2D eigenvalue weighted by molar-refractivity contribution is 5.78. The normalized spacial score (nSPS) is 22.9. The Bertz CT molecular complexity index is 570. The van der Waals surface area contributed by atoms with Crippen LogP contribution in [0.2, 0.25) is 0 Å². The zero-order valence-electron chi connectivity index (χ0n) is 12.1. The zero-order valence-corrected chi connectivity index (χ0v) is 12.1. The van der Waals surface area contributed by atoms with E-state index in [9.17, 15) is 0 Å². The van der Waals surface area contributed by atoms with Crippen LogP contribution in [-0.2, 0) is 0 Å². The molecule has 102 valence electrons. The molecule has 1 N–H and O–H groups in total. The van der Waals surface area contributed by atoms with Crippen LogP contribution in [-0.4, -0.2) is 12.6 Å². The second-order valence-electron chi connectivity index (χ2n) is 6.20. The van der Waals surface area contributed by atoms with Gasteiger partial charge in [-0.1, -0.05) is 25.5 Å². The smallest absolute Gasteiger partial charge is 0.134 e. The quantitative estimate of drug-likeness (QED) is 0.886. The fourth-order valence-electron chi connectivity index (χ4n) is 2.94. The van der Waals surface area contributed by atoms with E-state index in [0.29, 0.717) is 12.0 Å². The molecule has 1 aromatic heterocycles. The van der Waals surface area contributed by atoms with Crippen molar-refractivity contribution in [3.8, 4) is 0 Å². The molecule has 2 unspecified atom stereocenters. The minimum Gasteiger partial charge on any atom is -0.461 e. The Morgan fingerprint density at radius 1 is 1.26 bits per heavy atom. The van der Waals surface area contributed by atoms with Crippen LogP contribution in [0.1, 0.15) is 43.9 Å². The van der Waals surface area contributed by atoms with Crippen LogP contribution in [0.5, 0.6) is 0 Å². The van der Waals surface area contributed by atoms with Crippen molar-refractivity contribution >= 4 is 11.0 Å². The maximum atomic E-state index is 6.04. The molecule has 0 bridgehead atoms. The lowest BCUT2D eigenvalue weighted by molar-refractivity contribution is 0.215. The molecule has 2 nitrogen and oxygen atoms in total. The first-order chi connectivity index (χ1) is 9.13. The standard InChI is InChI=1S/C17H23NO/c1-11(2)18-10-13-5-6-15(13)17-9-14-8-12(3)4-7-16(14)19-17/h4,7-9,11,13,15,18H,5-6,10H2,1-3H3. The molecule has 3 rings (SSSR count). The van der Waals surface area contributed by atoms with Crippen molar-refractivity contribution in [3.05, 3.63) is 35.6 Å². The first kappa shape index (κ1) is 12.7. The first-order valence-electron chi connectivity index (χ1n) is 7.37. The number of hydrogen-bond donors (Lipinski definition) is 1. The Kier molecular flexibility index (Phi) is 3.36. The lowest BCUT2D eigenvalue weighted by atomic mass is 9.72. The molecule has 2 heteroatoms. The van der Waals surface area contributed by atoms with Crippen LogP contribution in [0.25, 0.3) is 11.0 Å². The molecular formula is C17H23NO. The Hall–Kier alpha value is -1.28. The predicted molar refractivity (Wildman–Crippen MR) is 79.6 cm³/mol. The van der Waals surface area contributed by atoms with Gasteiger partial charge in [-0.2, -0.15) is 0 Å². The number of nitrogens with one attached hydrogen (secondary N) is 1. The van der Waals surface area contributed by atoms with Gasteiger partial charge in [-0.25, -0.2) is 0 Å². The third-order valence-corrected chi connectivity index (χ3v) is 4.26. The summed E-state index contributed by atoms with van der Waals surface area (Å²) in [6.45, 7) is 7.65. The molecule has 1 aromatic carbocycles. The molecule has 0 aliphatic heterocycles. The van der Waals surface area contributed by atoms with Gasteiger partial charge in [0.15, 0.2) is 0 Å². The van der Waals surface area contributed by atoms with Crippen molar-refractivity contribution in [1.29, 1.82) is 0 Å². The number of rotatable bonds is 4. The van der Waals surface area contributed by atoms with Crippen LogP contribution in [0.4, 0.5) is 0 Å². The summed E-state index contributed by atoms with van der Waals surface area (Å²) in [4.78, 5) is 0.